The Bertz CT molecular complexity index is 319. The lowest BCUT2D eigenvalue weighted by atomic mass is 9.92. The van der Waals surface area contributed by atoms with E-state index in [1.807, 2.05) is 36.4 Å². The highest BCUT2D eigenvalue weighted by Crippen LogP contribution is 2.25. The van der Waals surface area contributed by atoms with Crippen molar-refractivity contribution in [1.29, 1.82) is 0 Å². The molecule has 0 heterocycles. The molecule has 1 aromatic carbocycles. The van der Waals surface area contributed by atoms with Crippen LogP contribution in [0.15, 0.2) is 30.3 Å². The van der Waals surface area contributed by atoms with Crippen LogP contribution in [0.25, 0.3) is 6.08 Å². The maximum atomic E-state index is 9.72. The van der Waals surface area contributed by atoms with E-state index in [2.05, 4.69) is 5.73 Å². The summed E-state index contributed by atoms with van der Waals surface area (Å²) in [5.41, 5.74) is 5.93. The van der Waals surface area contributed by atoms with Gasteiger partial charge in [-0.1, -0.05) is 30.3 Å². The first-order valence-corrected chi connectivity index (χ1v) is 4.07. The van der Waals surface area contributed by atoms with E-state index < -0.39 is 6.10 Å². The zero-order valence-corrected chi connectivity index (χ0v) is 6.77. The minimum atomic E-state index is -0.439. The monoisotopic (exact) mass is 162 g/mol. The van der Waals surface area contributed by atoms with Gasteiger partial charge in [-0.3, -0.25) is 0 Å². The molecule has 62 valence electrons. The maximum Gasteiger partial charge on any atom is 0.135 e. The largest absolute Gasteiger partial charge is 0.382 e. The molecule has 12 heavy (non-hydrogen) atoms. The predicted molar refractivity (Wildman–Crippen MR) is 47.1 cm³/mol. The van der Waals surface area contributed by atoms with Crippen LogP contribution in [0.5, 0.6) is 0 Å². The molecule has 0 unspecified atom stereocenters. The minimum Gasteiger partial charge on any atom is -0.382 e. The van der Waals surface area contributed by atoms with Gasteiger partial charge in [-0.05, 0) is 17.2 Å². The molecule has 0 bridgehead atoms. The summed E-state index contributed by atoms with van der Waals surface area (Å²) in [6.07, 6.45) is 3.51. The van der Waals surface area contributed by atoms with Crippen LogP contribution in [0, 0.1) is 0 Å². The van der Waals surface area contributed by atoms with E-state index in [-0.39, 0.29) is 6.04 Å². The molecule has 0 aliphatic heterocycles. The molecule has 0 radical (unpaired) electrons. The van der Waals surface area contributed by atoms with Crippen LogP contribution in [0.2, 0.25) is 0 Å². The topological polar surface area (TPSA) is 47.9 Å². The lowest BCUT2D eigenvalue weighted by Gasteiger charge is -2.19. The van der Waals surface area contributed by atoms with E-state index in [1.54, 1.807) is 0 Å². The van der Waals surface area contributed by atoms with E-state index in [0.717, 1.165) is 11.1 Å². The number of aliphatic hydroxyl groups is 1. The Balaban J connectivity index is 2.52. The molecule has 1 aromatic rings. The number of fused-ring (bicyclic) bond motifs is 1. The van der Waals surface area contributed by atoms with Gasteiger partial charge in [0, 0.05) is 0 Å². The highest BCUT2D eigenvalue weighted by molar-refractivity contribution is 5.57. The molecule has 2 rings (SSSR count). The molecular weight excluding hydrogens is 150 g/mol. The standard InChI is InChI=1S/C10H11NO/c11-9-6-5-7-3-1-2-4-8(7)10(9)12/h1-6,9-10,12H,11H2/p+1/t9-,10+/m1/s1. The summed E-state index contributed by atoms with van der Waals surface area (Å²) >= 11 is 0. The quantitative estimate of drug-likeness (QED) is 0.568. The fraction of sp³-hybridized carbons (Fsp3) is 0.200. The van der Waals surface area contributed by atoms with E-state index in [9.17, 15) is 5.11 Å². The third-order valence-corrected chi connectivity index (χ3v) is 2.24. The van der Waals surface area contributed by atoms with Gasteiger partial charge in [-0.15, -0.1) is 0 Å². The first-order valence-electron chi connectivity index (χ1n) is 4.07. The molecule has 2 heteroatoms. The Morgan fingerprint density at radius 2 is 2.00 bits per heavy atom. The molecule has 0 saturated heterocycles. The molecule has 2 nitrogen and oxygen atoms in total. The van der Waals surface area contributed by atoms with Crippen molar-refractivity contribution >= 4 is 6.08 Å². The normalized spacial score (nSPS) is 26.8. The molecule has 0 aromatic heterocycles. The van der Waals surface area contributed by atoms with Crippen LogP contribution in [-0.4, -0.2) is 11.1 Å². The van der Waals surface area contributed by atoms with Crippen molar-refractivity contribution < 1.29 is 10.8 Å². The maximum absolute atomic E-state index is 9.72. The molecule has 0 amide bonds. The second-order valence-electron chi connectivity index (χ2n) is 3.10. The number of quaternary nitrogens is 1. The van der Waals surface area contributed by atoms with Crippen molar-refractivity contribution in [3.8, 4) is 0 Å². The van der Waals surface area contributed by atoms with E-state index in [4.69, 9.17) is 0 Å². The van der Waals surface area contributed by atoms with Gasteiger partial charge >= 0.3 is 0 Å². The van der Waals surface area contributed by atoms with Crippen molar-refractivity contribution in [3.63, 3.8) is 0 Å². The first-order chi connectivity index (χ1) is 5.79. The van der Waals surface area contributed by atoms with Crippen molar-refractivity contribution in [1.82, 2.24) is 0 Å². The summed E-state index contributed by atoms with van der Waals surface area (Å²) in [6.45, 7) is 0. The van der Waals surface area contributed by atoms with Gasteiger partial charge in [0.25, 0.3) is 0 Å². The van der Waals surface area contributed by atoms with E-state index in [1.165, 1.54) is 0 Å². The highest BCUT2D eigenvalue weighted by Gasteiger charge is 2.22. The van der Waals surface area contributed by atoms with Crippen LogP contribution in [0.3, 0.4) is 0 Å². The molecule has 2 atom stereocenters. The van der Waals surface area contributed by atoms with Crippen LogP contribution in [0.1, 0.15) is 17.2 Å². The first kappa shape index (κ1) is 7.53. The summed E-state index contributed by atoms with van der Waals surface area (Å²) < 4.78 is 0. The molecule has 0 saturated carbocycles. The Morgan fingerprint density at radius 1 is 1.25 bits per heavy atom. The van der Waals surface area contributed by atoms with Gasteiger partial charge < -0.3 is 10.8 Å². The SMILES string of the molecule is [NH3+][C@@H]1C=Cc2ccccc2[C@@H]1O. The van der Waals surface area contributed by atoms with Gasteiger partial charge in [-0.2, -0.15) is 0 Å². The molecule has 1 aliphatic carbocycles. The van der Waals surface area contributed by atoms with Crippen LogP contribution < -0.4 is 5.73 Å². The second kappa shape index (κ2) is 2.73. The summed E-state index contributed by atoms with van der Waals surface area (Å²) in [4.78, 5) is 0. The lowest BCUT2D eigenvalue weighted by Crippen LogP contribution is -2.63. The van der Waals surface area contributed by atoms with E-state index >= 15 is 0 Å². The fourth-order valence-corrected chi connectivity index (χ4v) is 1.50. The van der Waals surface area contributed by atoms with Crippen molar-refractivity contribution in [2.24, 2.45) is 0 Å². The molecule has 0 spiro atoms. The van der Waals surface area contributed by atoms with Crippen LogP contribution >= 0.6 is 0 Å². The third-order valence-electron chi connectivity index (χ3n) is 2.24. The lowest BCUT2D eigenvalue weighted by molar-refractivity contribution is -0.422. The highest BCUT2D eigenvalue weighted by atomic mass is 16.3. The Hall–Kier alpha value is -1.12. The van der Waals surface area contributed by atoms with Crippen LogP contribution in [0.4, 0.5) is 0 Å². The second-order valence-corrected chi connectivity index (χ2v) is 3.10. The number of aliphatic hydroxyl groups excluding tert-OH is 1. The molecule has 4 N–H and O–H groups in total. The Labute approximate surface area is 71.3 Å². The number of rotatable bonds is 0. The molecule has 1 aliphatic rings. The van der Waals surface area contributed by atoms with Gasteiger partial charge in [0.15, 0.2) is 0 Å². The summed E-state index contributed by atoms with van der Waals surface area (Å²) in [5, 5.41) is 9.72. The zero-order valence-electron chi connectivity index (χ0n) is 6.77. The van der Waals surface area contributed by atoms with E-state index in [0.29, 0.717) is 0 Å². The summed E-state index contributed by atoms with van der Waals surface area (Å²) in [6, 6.07) is 7.84. The average Bonchev–Trinajstić information content (AvgIpc) is 2.12. The number of benzene rings is 1. The van der Waals surface area contributed by atoms with Gasteiger partial charge in [0.05, 0.1) is 0 Å². The minimum absolute atomic E-state index is 0.0140. The molecular formula is C10H12NO+. The fourth-order valence-electron chi connectivity index (χ4n) is 1.50. The summed E-state index contributed by atoms with van der Waals surface area (Å²) in [5.74, 6) is 0. The predicted octanol–water partition coefficient (Wildman–Crippen LogP) is 0.357. The van der Waals surface area contributed by atoms with Crippen LogP contribution in [-0.2, 0) is 0 Å². The van der Waals surface area contributed by atoms with Gasteiger partial charge in [-0.25, -0.2) is 0 Å². The Morgan fingerprint density at radius 3 is 2.83 bits per heavy atom. The molecule has 0 fully saturated rings. The van der Waals surface area contributed by atoms with Crippen molar-refractivity contribution in [3.05, 3.63) is 41.5 Å². The number of hydrogen-bond acceptors (Lipinski definition) is 1. The van der Waals surface area contributed by atoms with Crippen molar-refractivity contribution in [2.45, 2.75) is 12.1 Å². The number of hydrogen-bond donors (Lipinski definition) is 2. The van der Waals surface area contributed by atoms with Gasteiger partial charge in [0.2, 0.25) is 0 Å². The smallest absolute Gasteiger partial charge is 0.135 e. The van der Waals surface area contributed by atoms with Crippen molar-refractivity contribution in [2.75, 3.05) is 0 Å². The Kier molecular flexibility index (Phi) is 1.71. The average molecular weight is 162 g/mol. The zero-order chi connectivity index (χ0) is 8.55. The summed E-state index contributed by atoms with van der Waals surface area (Å²) in [7, 11) is 0. The third kappa shape index (κ3) is 1.05. The van der Waals surface area contributed by atoms with Gasteiger partial charge in [0.1, 0.15) is 12.1 Å².